The Balaban J connectivity index is 0.000000183. The molecule has 0 aliphatic heterocycles. The van der Waals surface area contributed by atoms with Gasteiger partial charge in [0.1, 0.15) is 5.69 Å². The van der Waals surface area contributed by atoms with E-state index in [1.807, 2.05) is 97.1 Å². The molecule has 8 nitrogen and oxygen atoms in total. The Morgan fingerprint density at radius 3 is 1.25 bits per heavy atom. The Bertz CT molecular complexity index is 2180. The summed E-state index contributed by atoms with van der Waals surface area (Å²) in [5.41, 5.74) is 6.48. The predicted molar refractivity (Wildman–Crippen MR) is 218 cm³/mol. The molecule has 1 aliphatic rings. The number of hydrogen-bond donors (Lipinski definition) is 2. The number of nitrogens with zero attached hydrogens (tertiary/aromatic N) is 4. The molecule has 0 radical (unpaired) electrons. The Morgan fingerprint density at radius 1 is 0.519 bits per heavy atom. The van der Waals surface area contributed by atoms with Gasteiger partial charge in [-0.3, -0.25) is 14.8 Å². The molecule has 52 heavy (non-hydrogen) atoms. The van der Waals surface area contributed by atoms with Gasteiger partial charge >= 0.3 is 5.97 Å². The molecule has 0 atom stereocenters. The van der Waals surface area contributed by atoms with E-state index in [-0.39, 0.29) is 17.6 Å². The molecule has 2 heterocycles. The average Bonchev–Trinajstić information content (AvgIpc) is 3.16. The first-order valence-corrected chi connectivity index (χ1v) is 19.6. The number of carboxylic acid groups (broad SMARTS) is 1. The van der Waals surface area contributed by atoms with Crippen LogP contribution < -0.4 is 5.32 Å². The molecule has 7 rings (SSSR count). The fourth-order valence-corrected chi connectivity index (χ4v) is 6.81. The molecule has 12 heteroatoms. The number of carboxylic acids is 1. The van der Waals surface area contributed by atoms with Crippen LogP contribution >= 0.6 is 63.7 Å². The van der Waals surface area contributed by atoms with Crippen LogP contribution in [0, 0.1) is 0 Å². The van der Waals surface area contributed by atoms with Crippen molar-refractivity contribution in [2.45, 2.75) is 38.1 Å². The van der Waals surface area contributed by atoms with E-state index in [1.54, 1.807) is 6.20 Å². The molecule has 2 aromatic heterocycles. The van der Waals surface area contributed by atoms with Crippen LogP contribution in [0.2, 0.25) is 0 Å². The standard InChI is InChI=1S/C23H21Br2N3O.C17H10Br2N2O2/c24-17-10-6-15(7-11-17)21-22(16-8-12-18(25)13-9-16)28-20(14-26-21)23(29)27-19-4-2-1-3-5-19;18-12-5-1-10(2-6-12)15-16(11-3-7-13(19)8-4-11)21-14(9-20-15)17(22)23/h6-14,19H,1-5H2,(H,27,29);1-9H,(H,22,23). The molecule has 262 valence electrons. The smallest absolute Gasteiger partial charge is 0.356 e. The van der Waals surface area contributed by atoms with E-state index in [4.69, 9.17) is 4.98 Å². The zero-order chi connectivity index (χ0) is 36.6. The molecule has 2 N–H and O–H groups in total. The summed E-state index contributed by atoms with van der Waals surface area (Å²) < 4.78 is 3.89. The van der Waals surface area contributed by atoms with Gasteiger partial charge < -0.3 is 10.4 Å². The number of carbonyl (C=O) groups excluding carboxylic acids is 1. The van der Waals surface area contributed by atoms with Crippen molar-refractivity contribution in [2.24, 2.45) is 0 Å². The number of benzene rings is 4. The number of amides is 1. The number of aromatic nitrogens is 4. The third-order valence-corrected chi connectivity index (χ3v) is 10.5. The molecule has 0 bridgehead atoms. The first-order chi connectivity index (χ1) is 25.1. The van der Waals surface area contributed by atoms with E-state index in [0.717, 1.165) is 58.7 Å². The second-order valence-corrected chi connectivity index (χ2v) is 15.7. The second-order valence-electron chi connectivity index (χ2n) is 12.0. The minimum absolute atomic E-state index is 0.0798. The van der Waals surface area contributed by atoms with E-state index >= 15 is 0 Å². The second kappa shape index (κ2) is 17.6. The van der Waals surface area contributed by atoms with E-state index in [9.17, 15) is 14.7 Å². The number of hydrogen-bond acceptors (Lipinski definition) is 6. The molecule has 0 saturated heterocycles. The van der Waals surface area contributed by atoms with Gasteiger partial charge in [0.05, 0.1) is 35.2 Å². The molecule has 6 aromatic rings. The number of nitrogens with one attached hydrogen (secondary N) is 1. The van der Waals surface area contributed by atoms with E-state index in [0.29, 0.717) is 22.8 Å². The van der Waals surface area contributed by atoms with Crippen molar-refractivity contribution in [1.29, 1.82) is 0 Å². The zero-order valence-electron chi connectivity index (χ0n) is 27.6. The molecular formula is C40H31Br4N5O3. The predicted octanol–water partition coefficient (Wildman–Crippen LogP) is 11.4. The highest BCUT2D eigenvalue weighted by atomic mass is 79.9. The maximum Gasteiger partial charge on any atom is 0.356 e. The summed E-state index contributed by atoms with van der Waals surface area (Å²) in [5, 5.41) is 12.3. The van der Waals surface area contributed by atoms with Crippen molar-refractivity contribution in [3.8, 4) is 45.0 Å². The van der Waals surface area contributed by atoms with Gasteiger partial charge in [-0.05, 0) is 61.4 Å². The number of halogens is 4. The van der Waals surface area contributed by atoms with Gasteiger partial charge in [-0.2, -0.15) is 0 Å². The SMILES string of the molecule is O=C(NC1CCCCC1)c1cnc(-c2ccc(Br)cc2)c(-c2ccc(Br)cc2)n1.O=C(O)c1cnc(-c2ccc(Br)cc2)c(-c2ccc(Br)cc2)n1. The van der Waals surface area contributed by atoms with Crippen LogP contribution in [0.4, 0.5) is 0 Å². The van der Waals surface area contributed by atoms with E-state index in [1.165, 1.54) is 25.5 Å². The van der Waals surface area contributed by atoms with Gasteiger partial charge in [0.2, 0.25) is 0 Å². The van der Waals surface area contributed by atoms with Crippen molar-refractivity contribution >= 4 is 75.6 Å². The Labute approximate surface area is 335 Å². The van der Waals surface area contributed by atoms with Crippen LogP contribution in [-0.4, -0.2) is 43.0 Å². The zero-order valence-corrected chi connectivity index (χ0v) is 33.9. The van der Waals surface area contributed by atoms with Crippen molar-refractivity contribution in [3.63, 3.8) is 0 Å². The van der Waals surface area contributed by atoms with Gasteiger partial charge in [0.15, 0.2) is 5.69 Å². The number of rotatable bonds is 7. The molecule has 1 amide bonds. The maximum atomic E-state index is 12.8. The molecule has 0 unspecified atom stereocenters. The number of carbonyl (C=O) groups is 2. The molecular weight excluding hydrogens is 918 g/mol. The molecule has 1 aliphatic carbocycles. The lowest BCUT2D eigenvalue weighted by Crippen LogP contribution is -2.36. The molecule has 4 aromatic carbocycles. The summed E-state index contributed by atoms with van der Waals surface area (Å²) in [5.74, 6) is -1.25. The first-order valence-electron chi connectivity index (χ1n) is 16.5. The maximum absolute atomic E-state index is 12.8. The molecule has 1 saturated carbocycles. The van der Waals surface area contributed by atoms with Gasteiger partial charge in [-0.25, -0.2) is 14.8 Å². The minimum Gasteiger partial charge on any atom is -0.476 e. The highest BCUT2D eigenvalue weighted by molar-refractivity contribution is 9.11. The fourth-order valence-electron chi connectivity index (χ4n) is 5.75. The van der Waals surface area contributed by atoms with E-state index in [2.05, 4.69) is 84.0 Å². The summed E-state index contributed by atoms with van der Waals surface area (Å²) in [6.07, 6.45) is 8.53. The monoisotopic (exact) mass is 945 g/mol. The van der Waals surface area contributed by atoms with Gasteiger partial charge in [-0.1, -0.05) is 132 Å². The van der Waals surface area contributed by atoms with Gasteiger partial charge in [-0.15, -0.1) is 0 Å². The van der Waals surface area contributed by atoms with Crippen molar-refractivity contribution < 1.29 is 14.7 Å². The number of aromatic carboxylic acids is 1. The molecule has 1 fully saturated rings. The lowest BCUT2D eigenvalue weighted by atomic mass is 9.95. The Morgan fingerprint density at radius 2 is 0.865 bits per heavy atom. The summed E-state index contributed by atoms with van der Waals surface area (Å²) >= 11 is 13.7. The van der Waals surface area contributed by atoms with Gasteiger partial charge in [0.25, 0.3) is 5.91 Å². The highest BCUT2D eigenvalue weighted by Crippen LogP contribution is 2.32. The van der Waals surface area contributed by atoms with Gasteiger partial charge in [0, 0.05) is 46.2 Å². The van der Waals surface area contributed by atoms with Crippen molar-refractivity contribution in [3.05, 3.63) is 139 Å². The fraction of sp³-hybridized carbons (Fsp3) is 0.150. The largest absolute Gasteiger partial charge is 0.476 e. The first kappa shape index (κ1) is 37.7. The minimum atomic E-state index is -1.10. The topological polar surface area (TPSA) is 118 Å². The van der Waals surface area contributed by atoms with Crippen LogP contribution in [0.15, 0.2) is 127 Å². The Hall–Kier alpha value is -4.10. The summed E-state index contributed by atoms with van der Waals surface area (Å²) in [7, 11) is 0. The normalized spacial score (nSPS) is 12.8. The van der Waals surface area contributed by atoms with Crippen LogP contribution in [0.3, 0.4) is 0 Å². The van der Waals surface area contributed by atoms with Crippen LogP contribution in [0.25, 0.3) is 45.0 Å². The van der Waals surface area contributed by atoms with Crippen molar-refractivity contribution in [1.82, 2.24) is 25.3 Å². The average molecular weight is 949 g/mol. The summed E-state index contributed by atoms with van der Waals surface area (Å²) in [6.45, 7) is 0. The summed E-state index contributed by atoms with van der Waals surface area (Å²) in [4.78, 5) is 42.0. The Kier molecular flexibility index (Phi) is 12.8. The van der Waals surface area contributed by atoms with Crippen LogP contribution in [-0.2, 0) is 0 Å². The lowest BCUT2D eigenvalue weighted by molar-refractivity contribution is 0.0689. The van der Waals surface area contributed by atoms with E-state index < -0.39 is 5.97 Å². The molecule has 0 spiro atoms. The lowest BCUT2D eigenvalue weighted by Gasteiger charge is -2.22. The van der Waals surface area contributed by atoms with Crippen molar-refractivity contribution in [2.75, 3.05) is 0 Å². The summed E-state index contributed by atoms with van der Waals surface area (Å²) in [6, 6.07) is 31.3. The van der Waals surface area contributed by atoms with Crippen LogP contribution in [0.5, 0.6) is 0 Å². The third-order valence-electron chi connectivity index (χ3n) is 8.41. The van der Waals surface area contributed by atoms with Crippen LogP contribution in [0.1, 0.15) is 53.1 Å². The highest BCUT2D eigenvalue weighted by Gasteiger charge is 2.20. The quantitative estimate of drug-likeness (QED) is 0.164. The third kappa shape index (κ3) is 9.65.